The fourth-order valence-corrected chi connectivity index (χ4v) is 2.52. The van der Waals surface area contributed by atoms with Crippen LogP contribution in [0.15, 0.2) is 23.3 Å². The number of carbonyl (C=O) groups is 3. The molecule has 10 heteroatoms. The zero-order valence-corrected chi connectivity index (χ0v) is 15.8. The van der Waals surface area contributed by atoms with Gasteiger partial charge in [0.1, 0.15) is 5.75 Å². The van der Waals surface area contributed by atoms with Gasteiger partial charge >= 0.3 is 11.8 Å². The first kappa shape index (κ1) is 20.7. The molecule has 1 aromatic carbocycles. The molecule has 0 aromatic heterocycles. The number of nitrogens with zero attached hydrogens (tertiary/aromatic N) is 2. The van der Waals surface area contributed by atoms with E-state index in [9.17, 15) is 14.4 Å². The first-order valence-electron chi connectivity index (χ1n) is 8.24. The van der Waals surface area contributed by atoms with Gasteiger partial charge in [-0.15, -0.1) is 0 Å². The smallest absolute Gasteiger partial charge is 0.329 e. The van der Waals surface area contributed by atoms with Gasteiger partial charge in [-0.25, -0.2) is 5.43 Å². The molecule has 146 valence electrons. The Morgan fingerprint density at radius 2 is 2.00 bits per heavy atom. The second-order valence-electron chi connectivity index (χ2n) is 5.76. The molecule has 1 aliphatic heterocycles. The Bertz CT molecular complexity index is 747. The third-order valence-corrected chi connectivity index (χ3v) is 3.93. The third kappa shape index (κ3) is 6.22. The van der Waals surface area contributed by atoms with Crippen molar-refractivity contribution < 1.29 is 23.9 Å². The molecule has 0 aliphatic carbocycles. The second-order valence-corrected chi connectivity index (χ2v) is 6.20. The molecule has 9 nitrogen and oxygen atoms in total. The number of hydrogen-bond donors (Lipinski definition) is 2. The summed E-state index contributed by atoms with van der Waals surface area (Å²) in [6, 6.07) is 4.84. The second kappa shape index (κ2) is 9.89. The van der Waals surface area contributed by atoms with Crippen LogP contribution in [0.2, 0.25) is 5.02 Å². The van der Waals surface area contributed by atoms with Crippen molar-refractivity contribution in [3.63, 3.8) is 0 Å². The molecule has 27 heavy (non-hydrogen) atoms. The number of morpholine rings is 1. The number of methoxy groups -OCH3 is 1. The van der Waals surface area contributed by atoms with Crippen molar-refractivity contribution in [3.05, 3.63) is 23.2 Å². The Labute approximate surface area is 161 Å². The number of halogens is 1. The summed E-state index contributed by atoms with van der Waals surface area (Å²) in [5.41, 5.74) is 2.93. The number of anilines is 1. The van der Waals surface area contributed by atoms with Crippen LogP contribution < -0.4 is 15.5 Å². The molecule has 3 amide bonds. The highest BCUT2D eigenvalue weighted by molar-refractivity contribution is 6.35. The van der Waals surface area contributed by atoms with E-state index in [0.29, 0.717) is 48.5 Å². The van der Waals surface area contributed by atoms with Gasteiger partial charge in [-0.1, -0.05) is 11.6 Å². The van der Waals surface area contributed by atoms with Crippen molar-refractivity contribution in [2.75, 3.05) is 38.7 Å². The molecular weight excluding hydrogens is 376 g/mol. The van der Waals surface area contributed by atoms with Crippen LogP contribution in [0, 0.1) is 0 Å². The van der Waals surface area contributed by atoms with Gasteiger partial charge in [-0.05, 0) is 25.1 Å². The van der Waals surface area contributed by atoms with Crippen molar-refractivity contribution in [2.24, 2.45) is 5.10 Å². The van der Waals surface area contributed by atoms with E-state index in [1.54, 1.807) is 25.1 Å². The third-order valence-electron chi connectivity index (χ3n) is 3.69. The van der Waals surface area contributed by atoms with Crippen LogP contribution in [0.5, 0.6) is 5.75 Å². The first-order valence-corrected chi connectivity index (χ1v) is 8.62. The van der Waals surface area contributed by atoms with E-state index in [1.807, 2.05) is 0 Å². The summed E-state index contributed by atoms with van der Waals surface area (Å²) in [6.07, 6.45) is -0.0817. The predicted molar refractivity (Wildman–Crippen MR) is 99.9 cm³/mol. The Hall–Kier alpha value is -2.65. The number of benzene rings is 1. The minimum atomic E-state index is -0.854. The van der Waals surface area contributed by atoms with Crippen LogP contribution in [-0.2, 0) is 19.1 Å². The van der Waals surface area contributed by atoms with Gasteiger partial charge in [0.2, 0.25) is 5.91 Å². The van der Waals surface area contributed by atoms with Crippen molar-refractivity contribution in [3.8, 4) is 5.75 Å². The van der Waals surface area contributed by atoms with E-state index in [4.69, 9.17) is 21.1 Å². The molecular formula is C17H21ClN4O5. The average Bonchev–Trinajstić information content (AvgIpc) is 2.66. The molecule has 0 saturated carbocycles. The van der Waals surface area contributed by atoms with Crippen LogP contribution in [-0.4, -0.2) is 61.7 Å². The van der Waals surface area contributed by atoms with E-state index in [-0.39, 0.29) is 12.3 Å². The molecule has 2 rings (SSSR count). The standard InChI is InChI=1S/C17H21ClN4O5/c1-11(20-21-16(24)17(25)22-5-7-27-8-6-22)9-15(23)19-13-10-12(18)3-4-14(13)26-2/h3-4,10H,5-9H2,1-2H3,(H,19,23)(H,21,24)/b20-11+. The number of carbonyl (C=O) groups excluding carboxylic acids is 3. The summed E-state index contributed by atoms with van der Waals surface area (Å²) in [5, 5.41) is 6.92. The molecule has 1 aliphatic rings. The van der Waals surface area contributed by atoms with E-state index < -0.39 is 11.8 Å². The van der Waals surface area contributed by atoms with Gasteiger partial charge in [0, 0.05) is 23.8 Å². The van der Waals surface area contributed by atoms with Gasteiger partial charge in [0.15, 0.2) is 0 Å². The molecule has 0 atom stereocenters. The Balaban J connectivity index is 1.87. The van der Waals surface area contributed by atoms with Gasteiger partial charge in [0.25, 0.3) is 0 Å². The first-order chi connectivity index (χ1) is 12.9. The Kier molecular flexibility index (Phi) is 7.56. The van der Waals surface area contributed by atoms with Crippen LogP contribution >= 0.6 is 11.6 Å². The monoisotopic (exact) mass is 396 g/mol. The Morgan fingerprint density at radius 1 is 1.30 bits per heavy atom. The number of amides is 3. The van der Waals surface area contributed by atoms with E-state index in [0.717, 1.165) is 0 Å². The zero-order chi connectivity index (χ0) is 19.8. The topological polar surface area (TPSA) is 109 Å². The van der Waals surface area contributed by atoms with Gasteiger partial charge in [-0.3, -0.25) is 14.4 Å². The van der Waals surface area contributed by atoms with Crippen molar-refractivity contribution in [1.82, 2.24) is 10.3 Å². The minimum absolute atomic E-state index is 0.0817. The summed E-state index contributed by atoms with van der Waals surface area (Å²) in [4.78, 5) is 37.3. The van der Waals surface area contributed by atoms with Gasteiger partial charge < -0.3 is 19.7 Å². The molecule has 1 saturated heterocycles. The zero-order valence-electron chi connectivity index (χ0n) is 15.1. The summed E-state index contributed by atoms with van der Waals surface area (Å²) in [6.45, 7) is 3.08. The van der Waals surface area contributed by atoms with E-state index >= 15 is 0 Å². The molecule has 1 heterocycles. The lowest BCUT2D eigenvalue weighted by Gasteiger charge is -2.25. The minimum Gasteiger partial charge on any atom is -0.495 e. The number of hydrazone groups is 1. The van der Waals surface area contributed by atoms with Crippen LogP contribution in [0.25, 0.3) is 0 Å². The molecule has 1 fully saturated rings. The Morgan fingerprint density at radius 3 is 2.67 bits per heavy atom. The highest BCUT2D eigenvalue weighted by Crippen LogP contribution is 2.27. The maximum atomic E-state index is 12.1. The normalized spacial score (nSPS) is 14.5. The van der Waals surface area contributed by atoms with Gasteiger partial charge in [-0.2, -0.15) is 5.10 Å². The largest absolute Gasteiger partial charge is 0.495 e. The maximum Gasteiger partial charge on any atom is 0.329 e. The highest BCUT2D eigenvalue weighted by Gasteiger charge is 2.23. The van der Waals surface area contributed by atoms with Crippen LogP contribution in [0.4, 0.5) is 5.69 Å². The number of hydrogen-bond acceptors (Lipinski definition) is 6. The number of nitrogens with one attached hydrogen (secondary N) is 2. The highest BCUT2D eigenvalue weighted by atomic mass is 35.5. The SMILES string of the molecule is COc1ccc(Cl)cc1NC(=O)C/C(C)=N/NC(=O)C(=O)N1CCOCC1. The summed E-state index contributed by atoms with van der Waals surface area (Å²) < 4.78 is 10.3. The van der Waals surface area contributed by atoms with Crippen LogP contribution in [0.3, 0.4) is 0 Å². The molecule has 2 N–H and O–H groups in total. The molecule has 0 bridgehead atoms. The predicted octanol–water partition coefficient (Wildman–Crippen LogP) is 1.03. The lowest BCUT2D eigenvalue weighted by Crippen LogP contribution is -2.47. The van der Waals surface area contributed by atoms with E-state index in [2.05, 4.69) is 15.8 Å². The molecule has 0 spiro atoms. The average molecular weight is 397 g/mol. The van der Waals surface area contributed by atoms with Crippen molar-refractivity contribution >= 4 is 40.7 Å². The summed E-state index contributed by atoms with van der Waals surface area (Å²) in [5.74, 6) is -1.44. The van der Waals surface area contributed by atoms with Crippen LogP contribution in [0.1, 0.15) is 13.3 Å². The number of ether oxygens (including phenoxy) is 2. The van der Waals surface area contributed by atoms with E-state index in [1.165, 1.54) is 12.0 Å². The van der Waals surface area contributed by atoms with Crippen molar-refractivity contribution in [1.29, 1.82) is 0 Å². The molecule has 0 unspecified atom stereocenters. The quantitative estimate of drug-likeness (QED) is 0.439. The molecule has 0 radical (unpaired) electrons. The fourth-order valence-electron chi connectivity index (χ4n) is 2.35. The van der Waals surface area contributed by atoms with Crippen molar-refractivity contribution in [2.45, 2.75) is 13.3 Å². The summed E-state index contributed by atoms with van der Waals surface area (Å²) >= 11 is 5.92. The van der Waals surface area contributed by atoms with Gasteiger partial charge in [0.05, 0.1) is 32.4 Å². The summed E-state index contributed by atoms with van der Waals surface area (Å²) in [7, 11) is 1.48. The lowest BCUT2D eigenvalue weighted by atomic mass is 10.2. The number of rotatable bonds is 5. The molecule has 1 aromatic rings. The maximum absolute atomic E-state index is 12.1. The lowest BCUT2D eigenvalue weighted by molar-refractivity contribution is -0.148. The fraction of sp³-hybridized carbons (Fsp3) is 0.412.